The third kappa shape index (κ3) is 2.93. The molecule has 1 aliphatic carbocycles. The monoisotopic (exact) mass is 412 g/mol. The predicted octanol–water partition coefficient (Wildman–Crippen LogP) is 3.46. The summed E-state index contributed by atoms with van der Waals surface area (Å²) in [5, 5.41) is 3.84. The van der Waals surface area contributed by atoms with Crippen LogP contribution in [-0.4, -0.2) is 37.9 Å². The highest BCUT2D eigenvalue weighted by atomic mass is 79.9. The molecule has 1 N–H and O–H groups in total. The maximum absolute atomic E-state index is 13.1. The zero-order chi connectivity index (χ0) is 15.1. The smallest absolute Gasteiger partial charge is 0.253 e. The van der Waals surface area contributed by atoms with Crippen molar-refractivity contribution >= 4 is 48.9 Å². The number of rotatable bonds is 2. The van der Waals surface area contributed by atoms with Crippen LogP contribution < -0.4 is 5.32 Å². The lowest BCUT2D eigenvalue weighted by Crippen LogP contribution is -2.63. The Kier molecular flexibility index (Phi) is 4.70. The number of sulfonamides is 1. The second-order valence-electron chi connectivity index (χ2n) is 5.73. The third-order valence-electron chi connectivity index (χ3n) is 4.43. The standard InChI is InChI=1S/C13H18BrClN2O2S2/c14-12-10(15)8-11(20-12)21(18,19)17-7-6-16-9-13(17)4-2-1-3-5-13/h8,16H,1-7,9H2. The number of thiophene rings is 1. The van der Waals surface area contributed by atoms with E-state index in [9.17, 15) is 8.42 Å². The lowest BCUT2D eigenvalue weighted by atomic mass is 9.80. The summed E-state index contributed by atoms with van der Waals surface area (Å²) in [6.45, 7) is 2.00. The summed E-state index contributed by atoms with van der Waals surface area (Å²) in [7, 11) is -3.47. The van der Waals surface area contributed by atoms with Crippen LogP contribution in [0.25, 0.3) is 0 Å². The summed E-state index contributed by atoms with van der Waals surface area (Å²) in [5.41, 5.74) is -0.252. The van der Waals surface area contributed by atoms with E-state index in [-0.39, 0.29) is 5.54 Å². The third-order valence-corrected chi connectivity index (χ3v) is 9.35. The van der Waals surface area contributed by atoms with Gasteiger partial charge in [-0.25, -0.2) is 8.42 Å². The fourth-order valence-electron chi connectivity index (χ4n) is 3.40. The van der Waals surface area contributed by atoms with Crippen LogP contribution in [-0.2, 0) is 10.0 Å². The Labute approximate surface area is 143 Å². The second kappa shape index (κ2) is 6.09. The van der Waals surface area contributed by atoms with Crippen molar-refractivity contribution in [3.8, 4) is 0 Å². The number of nitrogens with one attached hydrogen (secondary N) is 1. The van der Waals surface area contributed by atoms with Crippen LogP contribution in [0.15, 0.2) is 14.1 Å². The molecule has 0 atom stereocenters. The van der Waals surface area contributed by atoms with E-state index < -0.39 is 10.0 Å². The molecule has 3 rings (SSSR count). The summed E-state index contributed by atoms with van der Waals surface area (Å²) in [6, 6.07) is 1.56. The molecule has 2 fully saturated rings. The van der Waals surface area contributed by atoms with Gasteiger partial charge in [-0.05, 0) is 34.8 Å². The quantitative estimate of drug-likeness (QED) is 0.808. The van der Waals surface area contributed by atoms with E-state index in [4.69, 9.17) is 11.6 Å². The minimum absolute atomic E-state index is 0.252. The van der Waals surface area contributed by atoms with Gasteiger partial charge in [-0.1, -0.05) is 30.9 Å². The zero-order valence-corrected chi connectivity index (χ0v) is 15.5. The van der Waals surface area contributed by atoms with Gasteiger partial charge in [0, 0.05) is 25.2 Å². The predicted molar refractivity (Wildman–Crippen MR) is 89.6 cm³/mol. The highest BCUT2D eigenvalue weighted by Crippen LogP contribution is 2.41. The fourth-order valence-corrected chi connectivity index (χ4v) is 7.74. The van der Waals surface area contributed by atoms with Gasteiger partial charge in [0.15, 0.2) is 0 Å². The summed E-state index contributed by atoms with van der Waals surface area (Å²) in [4.78, 5) is 0. The molecular weight excluding hydrogens is 396 g/mol. The Hall–Kier alpha value is 0.340. The van der Waals surface area contributed by atoms with Crippen molar-refractivity contribution in [3.63, 3.8) is 0 Å². The molecule has 1 saturated heterocycles. The molecule has 8 heteroatoms. The van der Waals surface area contributed by atoms with E-state index in [1.165, 1.54) is 17.8 Å². The van der Waals surface area contributed by atoms with Gasteiger partial charge >= 0.3 is 0 Å². The molecule has 1 saturated carbocycles. The average Bonchev–Trinajstić information content (AvgIpc) is 2.81. The zero-order valence-electron chi connectivity index (χ0n) is 11.6. The van der Waals surface area contributed by atoms with E-state index in [2.05, 4.69) is 21.2 Å². The first-order chi connectivity index (χ1) is 9.96. The summed E-state index contributed by atoms with van der Waals surface area (Å²) >= 11 is 10.5. The topological polar surface area (TPSA) is 49.4 Å². The highest BCUT2D eigenvalue weighted by molar-refractivity contribution is 9.11. The van der Waals surface area contributed by atoms with Crippen LogP contribution in [0.1, 0.15) is 32.1 Å². The first-order valence-corrected chi connectivity index (χ1v) is 10.6. The van der Waals surface area contributed by atoms with Crippen LogP contribution in [0.4, 0.5) is 0 Å². The van der Waals surface area contributed by atoms with Gasteiger partial charge in [-0.15, -0.1) is 11.3 Å². The van der Waals surface area contributed by atoms with Crippen LogP contribution in [0, 0.1) is 0 Å². The molecule has 2 heterocycles. The molecule has 1 spiro atoms. The Morgan fingerprint density at radius 3 is 2.67 bits per heavy atom. The van der Waals surface area contributed by atoms with Gasteiger partial charge < -0.3 is 5.32 Å². The molecule has 1 aromatic rings. The van der Waals surface area contributed by atoms with Crippen molar-refractivity contribution in [2.75, 3.05) is 19.6 Å². The molecule has 118 valence electrons. The minimum Gasteiger partial charge on any atom is -0.314 e. The molecular formula is C13H18BrClN2O2S2. The van der Waals surface area contributed by atoms with Crippen molar-refractivity contribution in [2.45, 2.75) is 41.9 Å². The Morgan fingerprint density at radius 1 is 1.33 bits per heavy atom. The van der Waals surface area contributed by atoms with Crippen LogP contribution in [0.2, 0.25) is 5.02 Å². The number of halogens is 2. The van der Waals surface area contributed by atoms with E-state index >= 15 is 0 Å². The molecule has 21 heavy (non-hydrogen) atoms. The Bertz CT molecular complexity index is 598. The first kappa shape index (κ1) is 16.2. The molecule has 1 aromatic heterocycles. The van der Waals surface area contributed by atoms with Crippen molar-refractivity contribution in [2.24, 2.45) is 0 Å². The average molecular weight is 414 g/mol. The molecule has 2 aliphatic rings. The van der Waals surface area contributed by atoms with E-state index in [0.29, 0.717) is 26.1 Å². The molecule has 0 unspecified atom stereocenters. The maximum atomic E-state index is 13.1. The summed E-state index contributed by atoms with van der Waals surface area (Å²) < 4.78 is 28.9. The number of hydrogen-bond donors (Lipinski definition) is 1. The lowest BCUT2D eigenvalue weighted by Gasteiger charge is -2.48. The summed E-state index contributed by atoms with van der Waals surface area (Å²) in [5.74, 6) is 0. The lowest BCUT2D eigenvalue weighted by molar-refractivity contribution is 0.101. The number of piperazine rings is 1. The van der Waals surface area contributed by atoms with Crippen molar-refractivity contribution in [1.29, 1.82) is 0 Å². The van der Waals surface area contributed by atoms with E-state index in [0.717, 1.165) is 32.2 Å². The molecule has 0 radical (unpaired) electrons. The molecule has 4 nitrogen and oxygen atoms in total. The number of hydrogen-bond acceptors (Lipinski definition) is 4. The van der Waals surface area contributed by atoms with E-state index in [1.807, 2.05) is 0 Å². The summed E-state index contributed by atoms with van der Waals surface area (Å²) in [6.07, 6.45) is 5.29. The first-order valence-electron chi connectivity index (χ1n) is 7.14. The second-order valence-corrected chi connectivity index (χ2v) is 10.6. The van der Waals surface area contributed by atoms with Crippen molar-refractivity contribution < 1.29 is 8.42 Å². The van der Waals surface area contributed by atoms with Crippen LogP contribution in [0.5, 0.6) is 0 Å². The van der Waals surface area contributed by atoms with Crippen molar-refractivity contribution in [3.05, 3.63) is 14.9 Å². The van der Waals surface area contributed by atoms with Gasteiger partial charge in [0.05, 0.1) is 8.81 Å². The van der Waals surface area contributed by atoms with Gasteiger partial charge in [0.2, 0.25) is 0 Å². The molecule has 1 aliphatic heterocycles. The van der Waals surface area contributed by atoms with Gasteiger partial charge in [-0.3, -0.25) is 0 Å². The van der Waals surface area contributed by atoms with Crippen LogP contribution >= 0.6 is 38.9 Å². The molecule has 0 aromatic carbocycles. The normalized spacial score (nSPS) is 23.5. The maximum Gasteiger partial charge on any atom is 0.253 e. The Morgan fingerprint density at radius 2 is 2.05 bits per heavy atom. The van der Waals surface area contributed by atoms with Gasteiger partial charge in [0.1, 0.15) is 4.21 Å². The van der Waals surface area contributed by atoms with E-state index in [1.54, 1.807) is 10.4 Å². The van der Waals surface area contributed by atoms with Gasteiger partial charge in [-0.2, -0.15) is 4.31 Å². The molecule has 0 amide bonds. The highest BCUT2D eigenvalue weighted by Gasteiger charge is 2.46. The van der Waals surface area contributed by atoms with Gasteiger partial charge in [0.25, 0.3) is 10.0 Å². The Balaban J connectivity index is 1.99. The fraction of sp³-hybridized carbons (Fsp3) is 0.692. The minimum atomic E-state index is -3.47. The largest absolute Gasteiger partial charge is 0.314 e. The molecule has 0 bridgehead atoms. The van der Waals surface area contributed by atoms with Crippen molar-refractivity contribution in [1.82, 2.24) is 9.62 Å². The number of nitrogens with zero attached hydrogens (tertiary/aromatic N) is 1. The van der Waals surface area contributed by atoms with Crippen LogP contribution in [0.3, 0.4) is 0 Å². The SMILES string of the molecule is O=S(=O)(c1cc(Cl)c(Br)s1)N1CCNCC12CCCCC2.